The number of para-hydroxylation sites is 1. The third-order valence-corrected chi connectivity index (χ3v) is 4.75. The molecule has 24 heavy (non-hydrogen) atoms. The van der Waals surface area contributed by atoms with Crippen LogP contribution in [0.4, 0.5) is 11.6 Å². The standard InChI is InChI=1S/C17H21N5O2/c1-20-16(13-7-10-24-12-13)18-19-17(20)21-8-9-22(15(23)11-21)14-5-3-2-4-6-14/h2-6,13H,7-12H2,1H3. The second-order valence-corrected chi connectivity index (χ2v) is 6.28. The largest absolute Gasteiger partial charge is 0.381 e. The lowest BCUT2D eigenvalue weighted by Crippen LogP contribution is -2.51. The lowest BCUT2D eigenvalue weighted by atomic mass is 10.1. The van der Waals surface area contributed by atoms with Gasteiger partial charge in [-0.15, -0.1) is 10.2 Å². The van der Waals surface area contributed by atoms with Gasteiger partial charge in [-0.1, -0.05) is 18.2 Å². The summed E-state index contributed by atoms with van der Waals surface area (Å²) in [6.07, 6.45) is 0.979. The minimum Gasteiger partial charge on any atom is -0.381 e. The summed E-state index contributed by atoms with van der Waals surface area (Å²) in [4.78, 5) is 16.4. The molecule has 2 aromatic rings. The third kappa shape index (κ3) is 2.65. The molecule has 0 saturated carbocycles. The van der Waals surface area contributed by atoms with Crippen molar-refractivity contribution in [1.82, 2.24) is 14.8 Å². The fraction of sp³-hybridized carbons (Fsp3) is 0.471. The quantitative estimate of drug-likeness (QED) is 0.847. The number of piperazine rings is 1. The molecule has 1 aromatic carbocycles. The Bertz CT molecular complexity index is 724. The highest BCUT2D eigenvalue weighted by Crippen LogP contribution is 2.26. The van der Waals surface area contributed by atoms with Gasteiger partial charge in [-0.2, -0.15) is 0 Å². The molecule has 0 N–H and O–H groups in total. The van der Waals surface area contributed by atoms with E-state index in [2.05, 4.69) is 10.2 Å². The predicted molar refractivity (Wildman–Crippen MR) is 90.2 cm³/mol. The van der Waals surface area contributed by atoms with E-state index in [9.17, 15) is 4.79 Å². The Morgan fingerprint density at radius 1 is 1.17 bits per heavy atom. The van der Waals surface area contributed by atoms with Crippen molar-refractivity contribution in [3.05, 3.63) is 36.2 Å². The molecule has 0 radical (unpaired) electrons. The number of hydrogen-bond donors (Lipinski definition) is 0. The second-order valence-electron chi connectivity index (χ2n) is 6.28. The van der Waals surface area contributed by atoms with Crippen LogP contribution in [-0.2, 0) is 16.6 Å². The number of hydrogen-bond acceptors (Lipinski definition) is 5. The number of nitrogens with zero attached hydrogens (tertiary/aromatic N) is 5. The minimum absolute atomic E-state index is 0.0844. The molecule has 7 heteroatoms. The van der Waals surface area contributed by atoms with Crippen molar-refractivity contribution < 1.29 is 9.53 Å². The maximum atomic E-state index is 12.6. The lowest BCUT2D eigenvalue weighted by molar-refractivity contribution is -0.117. The SMILES string of the molecule is Cn1c(C2CCOC2)nnc1N1CCN(c2ccccc2)C(=O)C1. The third-order valence-electron chi connectivity index (χ3n) is 4.75. The molecule has 2 saturated heterocycles. The Balaban J connectivity index is 1.50. The second kappa shape index (κ2) is 6.24. The van der Waals surface area contributed by atoms with E-state index in [1.54, 1.807) is 0 Å². The van der Waals surface area contributed by atoms with Crippen LogP contribution >= 0.6 is 0 Å². The van der Waals surface area contributed by atoms with Gasteiger partial charge in [0.15, 0.2) is 0 Å². The van der Waals surface area contributed by atoms with Crippen molar-refractivity contribution in [3.63, 3.8) is 0 Å². The van der Waals surface area contributed by atoms with Gasteiger partial charge in [0.05, 0.1) is 6.61 Å². The van der Waals surface area contributed by atoms with Crippen LogP contribution in [0.5, 0.6) is 0 Å². The number of benzene rings is 1. The van der Waals surface area contributed by atoms with E-state index in [4.69, 9.17) is 4.74 Å². The molecule has 0 spiro atoms. The van der Waals surface area contributed by atoms with Crippen LogP contribution < -0.4 is 9.80 Å². The average molecular weight is 327 g/mol. The topological polar surface area (TPSA) is 63.5 Å². The lowest BCUT2D eigenvalue weighted by Gasteiger charge is -2.34. The van der Waals surface area contributed by atoms with Crippen LogP contribution in [0.3, 0.4) is 0 Å². The number of aromatic nitrogens is 3. The Kier molecular flexibility index (Phi) is 3.93. The molecule has 2 aliphatic rings. The number of ether oxygens (including phenoxy) is 1. The summed E-state index contributed by atoms with van der Waals surface area (Å²) in [6.45, 7) is 3.20. The van der Waals surface area contributed by atoms with Gasteiger partial charge in [0.2, 0.25) is 11.9 Å². The molecule has 4 rings (SSSR count). The van der Waals surface area contributed by atoms with Gasteiger partial charge in [0.25, 0.3) is 0 Å². The first-order valence-electron chi connectivity index (χ1n) is 8.31. The summed E-state index contributed by atoms with van der Waals surface area (Å²) in [6, 6.07) is 9.79. The number of anilines is 2. The first-order valence-corrected chi connectivity index (χ1v) is 8.31. The first-order chi connectivity index (χ1) is 11.7. The van der Waals surface area contributed by atoms with Gasteiger partial charge in [-0.3, -0.25) is 4.79 Å². The van der Waals surface area contributed by atoms with Gasteiger partial charge in [-0.05, 0) is 18.6 Å². The highest BCUT2D eigenvalue weighted by atomic mass is 16.5. The highest BCUT2D eigenvalue weighted by Gasteiger charge is 2.30. The van der Waals surface area contributed by atoms with Gasteiger partial charge in [0, 0.05) is 38.3 Å². The Morgan fingerprint density at radius 2 is 2.00 bits per heavy atom. The van der Waals surface area contributed by atoms with Crippen LogP contribution in [-0.4, -0.2) is 53.5 Å². The summed E-state index contributed by atoms with van der Waals surface area (Å²) in [5.41, 5.74) is 0.948. The van der Waals surface area contributed by atoms with Crippen LogP contribution in [0.2, 0.25) is 0 Å². The summed E-state index contributed by atoms with van der Waals surface area (Å²) < 4.78 is 7.45. The molecule has 126 valence electrons. The number of rotatable bonds is 3. The zero-order chi connectivity index (χ0) is 16.5. The van der Waals surface area contributed by atoms with Gasteiger partial charge in [0.1, 0.15) is 12.4 Å². The van der Waals surface area contributed by atoms with Crippen molar-refractivity contribution in [2.24, 2.45) is 7.05 Å². The molecule has 7 nitrogen and oxygen atoms in total. The van der Waals surface area contributed by atoms with Crippen molar-refractivity contribution in [3.8, 4) is 0 Å². The summed E-state index contributed by atoms with van der Waals surface area (Å²) in [7, 11) is 1.97. The number of amides is 1. The van der Waals surface area contributed by atoms with Crippen LogP contribution in [0.1, 0.15) is 18.2 Å². The molecule has 0 bridgehead atoms. The first kappa shape index (κ1) is 15.1. The van der Waals surface area contributed by atoms with Crippen LogP contribution in [0, 0.1) is 0 Å². The van der Waals surface area contributed by atoms with E-state index in [0.717, 1.165) is 37.0 Å². The zero-order valence-corrected chi connectivity index (χ0v) is 13.8. The summed E-state index contributed by atoms with van der Waals surface area (Å²) >= 11 is 0. The Labute approximate surface area is 140 Å². The average Bonchev–Trinajstić information content (AvgIpc) is 3.25. The molecule has 0 aliphatic carbocycles. The molecule has 1 aromatic heterocycles. The molecule has 1 amide bonds. The summed E-state index contributed by atoms with van der Waals surface area (Å²) in [5, 5.41) is 8.67. The predicted octanol–water partition coefficient (Wildman–Crippen LogP) is 1.17. The van der Waals surface area contributed by atoms with Gasteiger partial charge < -0.3 is 19.1 Å². The fourth-order valence-electron chi connectivity index (χ4n) is 3.43. The van der Waals surface area contributed by atoms with E-state index in [1.807, 2.05) is 51.7 Å². The highest BCUT2D eigenvalue weighted by molar-refractivity contribution is 5.97. The normalized spacial score (nSPS) is 21.5. The van der Waals surface area contributed by atoms with E-state index in [-0.39, 0.29) is 5.91 Å². The van der Waals surface area contributed by atoms with E-state index < -0.39 is 0 Å². The van der Waals surface area contributed by atoms with E-state index >= 15 is 0 Å². The molecule has 2 fully saturated rings. The fourth-order valence-corrected chi connectivity index (χ4v) is 3.43. The van der Waals surface area contributed by atoms with E-state index in [1.165, 1.54) is 0 Å². The Morgan fingerprint density at radius 3 is 2.71 bits per heavy atom. The smallest absolute Gasteiger partial charge is 0.246 e. The Hall–Kier alpha value is -2.41. The van der Waals surface area contributed by atoms with Crippen LogP contribution in [0.25, 0.3) is 0 Å². The van der Waals surface area contributed by atoms with Gasteiger partial charge >= 0.3 is 0 Å². The number of carbonyl (C=O) groups is 1. The molecule has 3 heterocycles. The van der Waals surface area contributed by atoms with E-state index in [0.29, 0.717) is 25.6 Å². The number of carbonyl (C=O) groups excluding carboxylic acids is 1. The molecule has 1 atom stereocenters. The van der Waals surface area contributed by atoms with Gasteiger partial charge in [-0.25, -0.2) is 0 Å². The summed E-state index contributed by atoms with van der Waals surface area (Å²) in [5.74, 6) is 2.09. The zero-order valence-electron chi connectivity index (χ0n) is 13.8. The maximum absolute atomic E-state index is 12.6. The van der Waals surface area contributed by atoms with Crippen molar-refractivity contribution in [1.29, 1.82) is 0 Å². The van der Waals surface area contributed by atoms with Crippen molar-refractivity contribution in [2.45, 2.75) is 12.3 Å². The van der Waals surface area contributed by atoms with Crippen molar-refractivity contribution >= 4 is 17.5 Å². The molecule has 2 aliphatic heterocycles. The van der Waals surface area contributed by atoms with Crippen LogP contribution in [0.15, 0.2) is 30.3 Å². The molecular weight excluding hydrogens is 306 g/mol. The molecule has 1 unspecified atom stereocenters. The minimum atomic E-state index is 0.0844. The maximum Gasteiger partial charge on any atom is 0.246 e. The monoisotopic (exact) mass is 327 g/mol. The molecular formula is C17H21N5O2. The van der Waals surface area contributed by atoms with Crippen molar-refractivity contribution in [2.75, 3.05) is 42.6 Å².